The Bertz CT molecular complexity index is 1070. The highest BCUT2D eigenvalue weighted by Crippen LogP contribution is 2.30. The lowest BCUT2D eigenvalue weighted by Crippen LogP contribution is -2.34. The second-order valence-corrected chi connectivity index (χ2v) is 8.41. The Balaban J connectivity index is 1.54. The van der Waals surface area contributed by atoms with Crippen LogP contribution >= 0.6 is 0 Å². The number of hydrogen-bond donors (Lipinski definition) is 1. The van der Waals surface area contributed by atoms with Crippen molar-refractivity contribution < 1.29 is 14.2 Å². The fourth-order valence-corrected chi connectivity index (χ4v) is 3.72. The van der Waals surface area contributed by atoms with Crippen molar-refractivity contribution >= 4 is 11.5 Å². The zero-order valence-electron chi connectivity index (χ0n) is 19.3. The summed E-state index contributed by atoms with van der Waals surface area (Å²) in [5.74, 6) is 2.10. The summed E-state index contributed by atoms with van der Waals surface area (Å²) >= 11 is 0. The van der Waals surface area contributed by atoms with Crippen molar-refractivity contribution in [2.45, 2.75) is 39.5 Å². The minimum atomic E-state index is -0.0654. The smallest absolute Gasteiger partial charge is 0.220 e. The van der Waals surface area contributed by atoms with E-state index >= 15 is 0 Å². The number of aryl methyl sites for hydroxylation is 1. The molecule has 0 radical (unpaired) electrons. The lowest BCUT2D eigenvalue weighted by molar-refractivity contribution is 0.00757. The molecule has 1 aromatic carbocycles. The Hall–Kier alpha value is -3.10. The van der Waals surface area contributed by atoms with Crippen LogP contribution in [0.3, 0.4) is 0 Å². The van der Waals surface area contributed by atoms with E-state index in [1.54, 1.807) is 13.4 Å². The summed E-state index contributed by atoms with van der Waals surface area (Å²) in [6.07, 6.45) is 3.84. The maximum Gasteiger partial charge on any atom is 0.220 e. The van der Waals surface area contributed by atoms with Gasteiger partial charge in [-0.2, -0.15) is 4.98 Å². The van der Waals surface area contributed by atoms with Crippen molar-refractivity contribution in [1.82, 2.24) is 19.4 Å². The molecule has 4 rings (SSSR count). The summed E-state index contributed by atoms with van der Waals surface area (Å²) in [6.45, 7) is 8.13. The topological polar surface area (TPSA) is 73.7 Å². The molecule has 0 aliphatic carbocycles. The molecule has 1 atom stereocenters. The molecule has 0 saturated heterocycles. The molecule has 8 heteroatoms. The minimum absolute atomic E-state index is 0.0654. The third-order valence-corrected chi connectivity index (χ3v) is 5.23. The van der Waals surface area contributed by atoms with Crippen molar-refractivity contribution in [1.29, 1.82) is 0 Å². The average molecular weight is 438 g/mol. The first-order valence-corrected chi connectivity index (χ1v) is 10.8. The van der Waals surface area contributed by atoms with E-state index in [0.717, 1.165) is 41.5 Å². The van der Waals surface area contributed by atoms with Gasteiger partial charge in [-0.05, 0) is 52.1 Å². The number of aromatic nitrogens is 3. The molecule has 8 nitrogen and oxygen atoms in total. The van der Waals surface area contributed by atoms with Crippen molar-refractivity contribution in [3.8, 4) is 17.3 Å². The van der Waals surface area contributed by atoms with Gasteiger partial charge in [0.25, 0.3) is 0 Å². The molecule has 3 heterocycles. The molecule has 0 saturated carbocycles. The molecule has 32 heavy (non-hydrogen) atoms. The summed E-state index contributed by atoms with van der Waals surface area (Å²) in [5, 5.41) is 3.37. The Labute approximate surface area is 189 Å². The van der Waals surface area contributed by atoms with Gasteiger partial charge in [-0.1, -0.05) is 0 Å². The van der Waals surface area contributed by atoms with Gasteiger partial charge in [0.15, 0.2) is 0 Å². The summed E-state index contributed by atoms with van der Waals surface area (Å²) in [6, 6.07) is 9.98. The van der Waals surface area contributed by atoms with Gasteiger partial charge in [-0.25, -0.2) is 4.98 Å². The largest absolute Gasteiger partial charge is 0.494 e. The van der Waals surface area contributed by atoms with Gasteiger partial charge in [0.2, 0.25) is 5.88 Å². The van der Waals surface area contributed by atoms with Crippen LogP contribution in [0.25, 0.3) is 5.69 Å². The number of nitrogens with one attached hydrogen (secondary N) is 1. The van der Waals surface area contributed by atoms with Gasteiger partial charge in [-0.3, -0.25) is 4.90 Å². The average Bonchev–Trinajstić information content (AvgIpc) is 3.12. The number of hydrogen-bond acceptors (Lipinski definition) is 7. The van der Waals surface area contributed by atoms with Crippen molar-refractivity contribution in [2.24, 2.45) is 0 Å². The molecular weight excluding hydrogens is 406 g/mol. The van der Waals surface area contributed by atoms with Crippen LogP contribution in [0.5, 0.6) is 11.6 Å². The monoisotopic (exact) mass is 437 g/mol. The lowest BCUT2D eigenvalue weighted by atomic mass is 10.2. The molecule has 3 aromatic rings. The number of anilines is 2. The van der Waals surface area contributed by atoms with Crippen molar-refractivity contribution in [3.05, 3.63) is 54.1 Å². The Morgan fingerprint density at radius 1 is 1.25 bits per heavy atom. The second-order valence-electron chi connectivity index (χ2n) is 8.41. The van der Waals surface area contributed by atoms with Crippen LogP contribution in [-0.2, 0) is 11.3 Å². The third kappa shape index (κ3) is 5.20. The van der Waals surface area contributed by atoms with Gasteiger partial charge < -0.3 is 24.1 Å². The van der Waals surface area contributed by atoms with Crippen LogP contribution in [0.1, 0.15) is 25.1 Å². The van der Waals surface area contributed by atoms with Crippen LogP contribution < -0.4 is 14.8 Å². The molecule has 1 aliphatic heterocycles. The van der Waals surface area contributed by atoms with E-state index in [2.05, 4.69) is 28.3 Å². The molecular formula is C24H31N5O3. The highest BCUT2D eigenvalue weighted by molar-refractivity contribution is 5.63. The molecule has 0 spiro atoms. The number of ether oxygens (including phenoxy) is 3. The number of likely N-dealkylation sites (N-methyl/N-ethyl adjacent to an activating group) is 1. The van der Waals surface area contributed by atoms with E-state index in [1.165, 1.54) is 0 Å². The maximum atomic E-state index is 6.23. The maximum absolute atomic E-state index is 6.23. The van der Waals surface area contributed by atoms with Crippen molar-refractivity contribution in [2.75, 3.05) is 32.6 Å². The first-order valence-electron chi connectivity index (χ1n) is 10.8. The molecule has 0 bridgehead atoms. The van der Waals surface area contributed by atoms with Gasteiger partial charge in [-0.15, -0.1) is 0 Å². The predicted molar refractivity (Wildman–Crippen MR) is 124 cm³/mol. The SMILES string of the molecule is COc1cc(Nc2ccc3c(n2)OC(COC(C)C)CN(C)C3)ccc1-n1cnc(C)c1. The van der Waals surface area contributed by atoms with Crippen LogP contribution in [0.4, 0.5) is 11.5 Å². The Morgan fingerprint density at radius 2 is 2.09 bits per heavy atom. The van der Waals surface area contributed by atoms with Gasteiger partial charge in [0, 0.05) is 36.6 Å². The number of nitrogens with zero attached hydrogens (tertiary/aromatic N) is 4. The number of methoxy groups -OCH3 is 1. The molecule has 1 unspecified atom stereocenters. The second kappa shape index (κ2) is 9.58. The number of benzene rings is 1. The van der Waals surface area contributed by atoms with E-state index < -0.39 is 0 Å². The summed E-state index contributed by atoms with van der Waals surface area (Å²) in [4.78, 5) is 11.3. The van der Waals surface area contributed by atoms with Crippen molar-refractivity contribution in [3.63, 3.8) is 0 Å². The Morgan fingerprint density at radius 3 is 2.81 bits per heavy atom. The predicted octanol–water partition coefficient (Wildman–Crippen LogP) is 3.95. The standard InChI is InChI=1S/C24H31N5O3/c1-16(2)31-14-20-13-28(4)12-18-6-9-23(27-24(18)32-20)26-19-7-8-21(22(10-19)30-5)29-11-17(3)25-15-29/h6-11,15-16,20H,12-14H2,1-5H3,(H,26,27). The molecule has 0 amide bonds. The van der Waals surface area contributed by atoms with E-state index in [-0.39, 0.29) is 12.2 Å². The summed E-state index contributed by atoms with van der Waals surface area (Å²) in [5.41, 5.74) is 3.81. The number of imidazole rings is 1. The van der Waals surface area contributed by atoms with Gasteiger partial charge in [0.05, 0.1) is 37.5 Å². The normalized spacial score (nSPS) is 16.4. The minimum Gasteiger partial charge on any atom is -0.494 e. The van der Waals surface area contributed by atoms with Gasteiger partial charge in [0.1, 0.15) is 17.7 Å². The fourth-order valence-electron chi connectivity index (χ4n) is 3.72. The van der Waals surface area contributed by atoms with E-state index in [0.29, 0.717) is 18.3 Å². The van der Waals surface area contributed by atoms with Crippen LogP contribution in [0.2, 0.25) is 0 Å². The first-order chi connectivity index (χ1) is 15.4. The quantitative estimate of drug-likeness (QED) is 0.600. The van der Waals surface area contributed by atoms with Crippen LogP contribution in [-0.4, -0.2) is 59.0 Å². The molecule has 1 N–H and O–H groups in total. The van der Waals surface area contributed by atoms with Crippen LogP contribution in [0.15, 0.2) is 42.9 Å². The van der Waals surface area contributed by atoms with E-state index in [9.17, 15) is 0 Å². The van der Waals surface area contributed by atoms with Crippen LogP contribution in [0, 0.1) is 6.92 Å². The highest BCUT2D eigenvalue weighted by Gasteiger charge is 2.23. The Kier molecular flexibility index (Phi) is 6.62. The summed E-state index contributed by atoms with van der Waals surface area (Å²) in [7, 11) is 3.75. The number of fused-ring (bicyclic) bond motifs is 1. The highest BCUT2D eigenvalue weighted by atomic mass is 16.5. The first kappa shape index (κ1) is 22.1. The van der Waals surface area contributed by atoms with E-state index in [4.69, 9.17) is 19.2 Å². The number of pyridine rings is 1. The van der Waals surface area contributed by atoms with Gasteiger partial charge >= 0.3 is 0 Å². The molecule has 2 aromatic heterocycles. The lowest BCUT2D eigenvalue weighted by Gasteiger charge is -2.21. The molecule has 0 fully saturated rings. The number of rotatable bonds is 7. The van der Waals surface area contributed by atoms with E-state index in [1.807, 2.05) is 55.8 Å². The molecule has 170 valence electrons. The molecule has 1 aliphatic rings. The fraction of sp³-hybridized carbons (Fsp3) is 0.417. The third-order valence-electron chi connectivity index (χ3n) is 5.23. The summed E-state index contributed by atoms with van der Waals surface area (Å²) < 4.78 is 19.6. The zero-order chi connectivity index (χ0) is 22.7. The zero-order valence-corrected chi connectivity index (χ0v) is 19.3.